The van der Waals surface area contributed by atoms with E-state index in [9.17, 15) is 4.79 Å². The highest BCUT2D eigenvalue weighted by Crippen LogP contribution is 2.38. The SMILES string of the molecule is C=CC(=O)OCCc1ccccc1C(Cl)(CC)CC. The second kappa shape index (κ2) is 7.34. The minimum Gasteiger partial charge on any atom is -0.462 e. The molecule has 104 valence electrons. The molecule has 0 unspecified atom stereocenters. The fourth-order valence-corrected chi connectivity index (χ4v) is 2.31. The third-order valence-electron chi connectivity index (χ3n) is 3.40. The van der Waals surface area contributed by atoms with E-state index < -0.39 is 0 Å². The summed E-state index contributed by atoms with van der Waals surface area (Å²) in [5.41, 5.74) is 2.27. The maximum atomic E-state index is 11.0. The minimum atomic E-state index is -0.388. The van der Waals surface area contributed by atoms with Crippen LogP contribution in [0.5, 0.6) is 0 Å². The van der Waals surface area contributed by atoms with Crippen LogP contribution < -0.4 is 0 Å². The molecule has 1 aromatic rings. The molecule has 0 N–H and O–H groups in total. The first-order valence-corrected chi connectivity index (χ1v) is 7.01. The molecule has 2 nitrogen and oxygen atoms in total. The van der Waals surface area contributed by atoms with Gasteiger partial charge in [-0.2, -0.15) is 0 Å². The van der Waals surface area contributed by atoms with Gasteiger partial charge in [-0.3, -0.25) is 0 Å². The standard InChI is InChI=1S/C16H21ClO2/c1-4-15(18)19-12-11-13-9-7-8-10-14(13)16(17,5-2)6-3/h4,7-10H,1,5-6,11-12H2,2-3H3. The summed E-state index contributed by atoms with van der Waals surface area (Å²) in [6.07, 6.45) is 3.59. The molecule has 0 saturated carbocycles. The molecule has 0 aliphatic heterocycles. The number of hydrogen-bond acceptors (Lipinski definition) is 2. The molecule has 0 amide bonds. The highest BCUT2D eigenvalue weighted by Gasteiger charge is 2.27. The minimum absolute atomic E-state index is 0.334. The average molecular weight is 281 g/mol. The monoisotopic (exact) mass is 280 g/mol. The number of halogens is 1. The Morgan fingerprint density at radius 1 is 1.37 bits per heavy atom. The molecule has 1 aromatic carbocycles. The molecule has 0 aliphatic rings. The van der Waals surface area contributed by atoms with Crippen LogP contribution in [0.25, 0.3) is 0 Å². The highest BCUT2D eigenvalue weighted by molar-refractivity contribution is 6.24. The molecule has 0 radical (unpaired) electrons. The van der Waals surface area contributed by atoms with Crippen LogP contribution in [0.2, 0.25) is 0 Å². The van der Waals surface area contributed by atoms with Crippen LogP contribution >= 0.6 is 11.6 Å². The Hall–Kier alpha value is -1.28. The van der Waals surface area contributed by atoms with Crippen LogP contribution in [0.1, 0.15) is 37.8 Å². The molecule has 0 fully saturated rings. The fourth-order valence-electron chi connectivity index (χ4n) is 2.13. The predicted molar refractivity (Wildman–Crippen MR) is 79.4 cm³/mol. The van der Waals surface area contributed by atoms with E-state index in [0.29, 0.717) is 13.0 Å². The van der Waals surface area contributed by atoms with Crippen molar-refractivity contribution in [2.75, 3.05) is 6.61 Å². The van der Waals surface area contributed by atoms with Gasteiger partial charge in [-0.1, -0.05) is 44.7 Å². The van der Waals surface area contributed by atoms with Gasteiger partial charge in [0.2, 0.25) is 0 Å². The van der Waals surface area contributed by atoms with Gasteiger partial charge in [0.05, 0.1) is 11.5 Å². The van der Waals surface area contributed by atoms with E-state index in [1.165, 1.54) is 6.08 Å². The van der Waals surface area contributed by atoms with Gasteiger partial charge in [0.15, 0.2) is 0 Å². The highest BCUT2D eigenvalue weighted by atomic mass is 35.5. The second-order valence-corrected chi connectivity index (χ2v) is 5.17. The zero-order valence-electron chi connectivity index (χ0n) is 11.6. The Labute approximate surface area is 120 Å². The normalized spacial score (nSPS) is 11.1. The van der Waals surface area contributed by atoms with Crippen molar-refractivity contribution in [1.29, 1.82) is 0 Å². The third kappa shape index (κ3) is 4.10. The number of hydrogen-bond donors (Lipinski definition) is 0. The van der Waals surface area contributed by atoms with Crippen molar-refractivity contribution in [2.24, 2.45) is 0 Å². The van der Waals surface area contributed by atoms with E-state index in [2.05, 4.69) is 26.5 Å². The summed E-state index contributed by atoms with van der Waals surface area (Å²) in [5.74, 6) is -0.388. The lowest BCUT2D eigenvalue weighted by atomic mass is 9.88. The second-order valence-electron chi connectivity index (χ2n) is 4.45. The summed E-state index contributed by atoms with van der Waals surface area (Å²) in [4.78, 5) is 10.7. The van der Waals surface area contributed by atoms with Gasteiger partial charge in [-0.15, -0.1) is 11.6 Å². The van der Waals surface area contributed by atoms with Gasteiger partial charge in [-0.25, -0.2) is 4.79 Å². The molecule has 0 heterocycles. The third-order valence-corrected chi connectivity index (χ3v) is 4.14. The van der Waals surface area contributed by atoms with Gasteiger partial charge < -0.3 is 4.74 Å². The van der Waals surface area contributed by atoms with Crippen molar-refractivity contribution in [1.82, 2.24) is 0 Å². The zero-order valence-corrected chi connectivity index (χ0v) is 12.4. The Morgan fingerprint density at radius 3 is 2.58 bits per heavy atom. The Bertz CT molecular complexity index is 436. The van der Waals surface area contributed by atoms with Gasteiger partial charge in [0, 0.05) is 12.5 Å². The largest absolute Gasteiger partial charge is 0.462 e. The molecule has 0 spiro atoms. The number of esters is 1. The van der Waals surface area contributed by atoms with Gasteiger partial charge in [0.25, 0.3) is 0 Å². The number of benzene rings is 1. The van der Waals surface area contributed by atoms with Crippen LogP contribution in [0, 0.1) is 0 Å². The first-order chi connectivity index (χ1) is 9.07. The summed E-state index contributed by atoms with van der Waals surface area (Å²) < 4.78 is 5.03. The van der Waals surface area contributed by atoms with E-state index in [1.807, 2.05) is 18.2 Å². The molecule has 19 heavy (non-hydrogen) atoms. The van der Waals surface area contributed by atoms with E-state index in [-0.39, 0.29) is 10.8 Å². The number of rotatable bonds is 7. The molecule has 0 atom stereocenters. The van der Waals surface area contributed by atoms with Crippen molar-refractivity contribution in [3.63, 3.8) is 0 Å². The number of alkyl halides is 1. The van der Waals surface area contributed by atoms with Gasteiger partial charge in [-0.05, 0) is 24.0 Å². The Balaban J connectivity index is 2.84. The van der Waals surface area contributed by atoms with Crippen molar-refractivity contribution in [3.8, 4) is 0 Å². The lowest BCUT2D eigenvalue weighted by Gasteiger charge is -2.27. The summed E-state index contributed by atoms with van der Waals surface area (Å²) in [7, 11) is 0. The molecule has 0 saturated heterocycles. The smallest absolute Gasteiger partial charge is 0.330 e. The van der Waals surface area contributed by atoms with Crippen LogP contribution in [0.15, 0.2) is 36.9 Å². The van der Waals surface area contributed by atoms with Gasteiger partial charge >= 0.3 is 5.97 Å². The van der Waals surface area contributed by atoms with Crippen molar-refractivity contribution in [2.45, 2.75) is 38.0 Å². The maximum absolute atomic E-state index is 11.0. The Morgan fingerprint density at radius 2 is 2.00 bits per heavy atom. The quantitative estimate of drug-likeness (QED) is 0.425. The Kier molecular flexibility index (Phi) is 6.10. The summed E-state index contributed by atoms with van der Waals surface area (Å²) in [5, 5.41) is 0. The topological polar surface area (TPSA) is 26.3 Å². The van der Waals surface area contributed by atoms with E-state index in [1.54, 1.807) is 0 Å². The predicted octanol–water partition coefficient (Wildman–Crippen LogP) is 4.21. The molecule has 0 bridgehead atoms. The molecule has 0 aromatic heterocycles. The lowest BCUT2D eigenvalue weighted by molar-refractivity contribution is -0.137. The van der Waals surface area contributed by atoms with Crippen molar-refractivity contribution >= 4 is 17.6 Å². The molecule has 1 rings (SSSR count). The van der Waals surface area contributed by atoms with E-state index in [4.69, 9.17) is 16.3 Å². The molecular weight excluding hydrogens is 260 g/mol. The van der Waals surface area contributed by atoms with E-state index >= 15 is 0 Å². The summed E-state index contributed by atoms with van der Waals surface area (Å²) in [6, 6.07) is 8.08. The van der Waals surface area contributed by atoms with E-state index in [0.717, 1.165) is 24.0 Å². The maximum Gasteiger partial charge on any atom is 0.330 e. The number of carbonyl (C=O) groups is 1. The van der Waals surface area contributed by atoms with Crippen LogP contribution in [-0.4, -0.2) is 12.6 Å². The first-order valence-electron chi connectivity index (χ1n) is 6.64. The first kappa shape index (κ1) is 15.8. The average Bonchev–Trinajstić information content (AvgIpc) is 2.46. The molecule has 0 aliphatic carbocycles. The lowest BCUT2D eigenvalue weighted by Crippen LogP contribution is -2.19. The summed E-state index contributed by atoms with van der Waals surface area (Å²) in [6.45, 7) is 7.90. The summed E-state index contributed by atoms with van der Waals surface area (Å²) >= 11 is 6.68. The fraction of sp³-hybridized carbons (Fsp3) is 0.438. The van der Waals surface area contributed by atoms with Crippen LogP contribution in [-0.2, 0) is 20.8 Å². The molecular formula is C16H21ClO2. The number of carbonyl (C=O) groups excluding carboxylic acids is 1. The van der Waals surface area contributed by atoms with Crippen molar-refractivity contribution < 1.29 is 9.53 Å². The van der Waals surface area contributed by atoms with Gasteiger partial charge in [0.1, 0.15) is 0 Å². The number of ether oxygens (including phenoxy) is 1. The van der Waals surface area contributed by atoms with Crippen LogP contribution in [0.3, 0.4) is 0 Å². The zero-order chi connectivity index (χ0) is 14.3. The van der Waals surface area contributed by atoms with Crippen molar-refractivity contribution in [3.05, 3.63) is 48.0 Å². The van der Waals surface area contributed by atoms with Crippen LogP contribution in [0.4, 0.5) is 0 Å². The molecule has 3 heteroatoms.